The summed E-state index contributed by atoms with van der Waals surface area (Å²) in [6.45, 7) is 0.510. The van der Waals surface area contributed by atoms with Crippen molar-refractivity contribution in [3.8, 4) is 0 Å². The van der Waals surface area contributed by atoms with Gasteiger partial charge in [-0.1, -0.05) is 34.1 Å². The summed E-state index contributed by atoms with van der Waals surface area (Å²) < 4.78 is 10.8. The van der Waals surface area contributed by atoms with Crippen molar-refractivity contribution < 1.29 is 19.1 Å². The minimum absolute atomic E-state index is 0.0374. The van der Waals surface area contributed by atoms with Crippen molar-refractivity contribution >= 4 is 39.3 Å². The molecule has 0 atom stereocenters. The molecule has 0 heterocycles. The first-order chi connectivity index (χ1) is 13.0. The van der Waals surface area contributed by atoms with E-state index in [0.29, 0.717) is 18.0 Å². The third kappa shape index (κ3) is 4.87. The predicted molar refractivity (Wildman–Crippen MR) is 107 cm³/mol. The Labute approximate surface area is 166 Å². The van der Waals surface area contributed by atoms with Crippen molar-refractivity contribution in [1.82, 2.24) is 0 Å². The predicted octanol–water partition coefficient (Wildman–Crippen LogP) is 4.31. The van der Waals surface area contributed by atoms with E-state index in [-0.39, 0.29) is 12.5 Å². The number of amides is 2. The lowest BCUT2D eigenvalue weighted by atomic mass is 9.95. The lowest BCUT2D eigenvalue weighted by molar-refractivity contribution is -0.118. The molecule has 6 nitrogen and oxygen atoms in total. The van der Waals surface area contributed by atoms with Gasteiger partial charge in [-0.05, 0) is 48.7 Å². The zero-order valence-corrected chi connectivity index (χ0v) is 16.5. The zero-order chi connectivity index (χ0) is 19.3. The summed E-state index contributed by atoms with van der Waals surface area (Å²) >= 11 is 3.42. The van der Waals surface area contributed by atoms with E-state index in [1.165, 1.54) is 7.11 Å². The first kappa shape index (κ1) is 19.4. The van der Waals surface area contributed by atoms with Gasteiger partial charge >= 0.3 is 6.09 Å². The Morgan fingerprint density at radius 2 is 1.70 bits per heavy atom. The Bertz CT molecular complexity index is 819. The highest BCUT2D eigenvalue weighted by Crippen LogP contribution is 2.49. The Hall–Kier alpha value is -2.38. The Kier molecular flexibility index (Phi) is 6.13. The summed E-state index contributed by atoms with van der Waals surface area (Å²) in [7, 11) is 1.54. The second kappa shape index (κ2) is 8.54. The van der Waals surface area contributed by atoms with E-state index < -0.39 is 11.5 Å². The van der Waals surface area contributed by atoms with Gasteiger partial charge in [0.1, 0.15) is 6.61 Å². The third-order valence-electron chi connectivity index (χ3n) is 4.47. The molecule has 2 amide bonds. The van der Waals surface area contributed by atoms with Gasteiger partial charge < -0.3 is 14.8 Å². The second-order valence-electron chi connectivity index (χ2n) is 6.38. The fourth-order valence-corrected chi connectivity index (χ4v) is 3.10. The molecule has 1 fully saturated rings. The number of carbonyl (C=O) groups is 2. The van der Waals surface area contributed by atoms with E-state index in [9.17, 15) is 9.59 Å². The van der Waals surface area contributed by atoms with Crippen molar-refractivity contribution in [3.63, 3.8) is 0 Å². The van der Waals surface area contributed by atoms with Gasteiger partial charge in [0.05, 0.1) is 12.0 Å². The molecule has 2 N–H and O–H groups in total. The largest absolute Gasteiger partial charge is 0.447 e. The summed E-state index contributed by atoms with van der Waals surface area (Å²) in [5.41, 5.74) is 1.71. The van der Waals surface area contributed by atoms with Crippen LogP contribution in [0.25, 0.3) is 0 Å². The van der Waals surface area contributed by atoms with Crippen molar-refractivity contribution in [1.29, 1.82) is 0 Å². The highest BCUT2D eigenvalue weighted by Gasteiger charge is 2.51. The topological polar surface area (TPSA) is 76.7 Å². The van der Waals surface area contributed by atoms with Gasteiger partial charge in [0.15, 0.2) is 0 Å². The average molecular weight is 433 g/mol. The fraction of sp³-hybridized carbons (Fsp3) is 0.300. The van der Waals surface area contributed by atoms with Crippen LogP contribution in [0.1, 0.15) is 18.4 Å². The number of benzene rings is 2. The van der Waals surface area contributed by atoms with Crippen LogP contribution in [0.4, 0.5) is 16.2 Å². The zero-order valence-electron chi connectivity index (χ0n) is 15.0. The monoisotopic (exact) mass is 432 g/mol. The quantitative estimate of drug-likeness (QED) is 0.638. The molecule has 0 unspecified atom stereocenters. The minimum Gasteiger partial charge on any atom is -0.447 e. The first-order valence-corrected chi connectivity index (χ1v) is 9.43. The van der Waals surface area contributed by atoms with Crippen LogP contribution in [0.3, 0.4) is 0 Å². The molecule has 1 aliphatic carbocycles. The van der Waals surface area contributed by atoms with Crippen LogP contribution in [-0.2, 0) is 19.7 Å². The highest BCUT2D eigenvalue weighted by molar-refractivity contribution is 9.10. The Morgan fingerprint density at radius 3 is 2.33 bits per heavy atom. The van der Waals surface area contributed by atoms with E-state index in [1.54, 1.807) is 24.3 Å². The van der Waals surface area contributed by atoms with Crippen LogP contribution in [0.15, 0.2) is 53.0 Å². The van der Waals surface area contributed by atoms with Gasteiger partial charge in [0.25, 0.3) is 0 Å². The molecule has 3 rings (SSSR count). The molecule has 1 saturated carbocycles. The summed E-state index contributed by atoms with van der Waals surface area (Å²) in [5, 5.41) is 5.59. The molecule has 0 spiro atoms. The molecule has 1 aliphatic rings. The van der Waals surface area contributed by atoms with Crippen molar-refractivity contribution in [2.45, 2.75) is 18.3 Å². The van der Waals surface area contributed by atoms with Crippen molar-refractivity contribution in [3.05, 3.63) is 58.6 Å². The minimum atomic E-state index is -0.566. The molecule has 2 aromatic carbocycles. The molecule has 27 heavy (non-hydrogen) atoms. The number of ether oxygens (including phenoxy) is 2. The molecular weight excluding hydrogens is 412 g/mol. The van der Waals surface area contributed by atoms with Crippen LogP contribution in [0.2, 0.25) is 0 Å². The third-order valence-corrected chi connectivity index (χ3v) is 5.00. The fourth-order valence-electron chi connectivity index (χ4n) is 2.84. The number of hydrogen-bond donors (Lipinski definition) is 2. The maximum Gasteiger partial charge on any atom is 0.411 e. The van der Waals surface area contributed by atoms with E-state index in [1.807, 2.05) is 24.3 Å². The maximum absolute atomic E-state index is 12.8. The number of halogens is 1. The van der Waals surface area contributed by atoms with Crippen LogP contribution < -0.4 is 10.6 Å². The van der Waals surface area contributed by atoms with Gasteiger partial charge in [-0.25, -0.2) is 4.79 Å². The molecular formula is C20H21BrN2O4. The highest BCUT2D eigenvalue weighted by atomic mass is 79.9. The smallest absolute Gasteiger partial charge is 0.411 e. The SMILES string of the molecule is COCCOC(=O)Nc1cccc(NC(=O)C2(c3ccc(Br)cc3)CC2)c1. The molecule has 142 valence electrons. The lowest BCUT2D eigenvalue weighted by Crippen LogP contribution is -2.27. The van der Waals surface area contributed by atoms with Gasteiger partial charge in [-0.2, -0.15) is 0 Å². The number of nitrogens with one attached hydrogen (secondary N) is 2. The number of hydrogen-bond acceptors (Lipinski definition) is 4. The maximum atomic E-state index is 12.8. The van der Waals surface area contributed by atoms with Gasteiger partial charge in [0.2, 0.25) is 5.91 Å². The molecule has 0 aliphatic heterocycles. The van der Waals surface area contributed by atoms with E-state index in [2.05, 4.69) is 26.6 Å². The number of methoxy groups -OCH3 is 1. The first-order valence-electron chi connectivity index (χ1n) is 8.64. The van der Waals surface area contributed by atoms with Gasteiger partial charge in [-0.3, -0.25) is 10.1 Å². The number of carbonyl (C=O) groups excluding carboxylic acids is 2. The average Bonchev–Trinajstić information content (AvgIpc) is 3.45. The van der Waals surface area contributed by atoms with Crippen LogP contribution >= 0.6 is 15.9 Å². The number of anilines is 2. The van der Waals surface area contributed by atoms with Crippen molar-refractivity contribution in [2.24, 2.45) is 0 Å². The molecule has 0 radical (unpaired) electrons. The Morgan fingerprint density at radius 1 is 1.04 bits per heavy atom. The number of rotatable bonds is 7. The molecule has 7 heteroatoms. The molecule has 0 bridgehead atoms. The lowest BCUT2D eigenvalue weighted by Gasteiger charge is -2.16. The summed E-state index contributed by atoms with van der Waals surface area (Å²) in [6.07, 6.45) is 1.08. The Balaban J connectivity index is 1.63. The summed E-state index contributed by atoms with van der Waals surface area (Å²) in [5.74, 6) is -0.0374. The summed E-state index contributed by atoms with van der Waals surface area (Å²) in [4.78, 5) is 24.6. The summed E-state index contributed by atoms with van der Waals surface area (Å²) in [6, 6.07) is 14.8. The van der Waals surface area contributed by atoms with Crippen LogP contribution in [0.5, 0.6) is 0 Å². The van der Waals surface area contributed by atoms with Gasteiger partial charge in [-0.15, -0.1) is 0 Å². The standard InChI is InChI=1S/C20H21BrN2O4/c1-26-11-12-27-19(25)23-17-4-2-3-16(13-17)22-18(24)20(9-10-20)14-5-7-15(21)8-6-14/h2-8,13H,9-12H2,1H3,(H,22,24)(H,23,25). The molecule has 0 saturated heterocycles. The molecule has 0 aromatic heterocycles. The van der Waals surface area contributed by atoms with Crippen LogP contribution in [-0.4, -0.2) is 32.3 Å². The normalized spacial score (nSPS) is 14.3. The molecule has 2 aromatic rings. The van der Waals surface area contributed by atoms with Crippen molar-refractivity contribution in [2.75, 3.05) is 31.0 Å². The van der Waals surface area contributed by atoms with Crippen LogP contribution in [0, 0.1) is 0 Å². The van der Waals surface area contributed by atoms with E-state index in [0.717, 1.165) is 22.9 Å². The van der Waals surface area contributed by atoms with E-state index >= 15 is 0 Å². The van der Waals surface area contributed by atoms with Gasteiger partial charge in [0, 0.05) is 23.0 Å². The second-order valence-corrected chi connectivity index (χ2v) is 7.29. The van der Waals surface area contributed by atoms with E-state index in [4.69, 9.17) is 9.47 Å².